The molecule has 0 radical (unpaired) electrons. The Kier molecular flexibility index (Phi) is 5.76. The summed E-state index contributed by atoms with van der Waals surface area (Å²) in [7, 11) is 0. The van der Waals surface area contributed by atoms with Gasteiger partial charge in [-0.25, -0.2) is 0 Å². The molecule has 0 saturated heterocycles. The van der Waals surface area contributed by atoms with Gasteiger partial charge < -0.3 is 15.4 Å². The second-order valence-electron chi connectivity index (χ2n) is 4.93. The van der Waals surface area contributed by atoms with Gasteiger partial charge in [0.2, 0.25) is 5.91 Å². The maximum atomic E-state index is 12.3. The summed E-state index contributed by atoms with van der Waals surface area (Å²) < 4.78 is 6.54. The molecule has 0 fully saturated rings. The van der Waals surface area contributed by atoms with Gasteiger partial charge in [-0.1, -0.05) is 28.1 Å². The van der Waals surface area contributed by atoms with Crippen LogP contribution in [0.25, 0.3) is 0 Å². The quantitative estimate of drug-likeness (QED) is 0.833. The molecule has 23 heavy (non-hydrogen) atoms. The zero-order valence-corrected chi connectivity index (χ0v) is 14.4. The maximum Gasteiger partial charge on any atom is 0.265 e. The first-order valence-electron chi connectivity index (χ1n) is 7.05. The monoisotopic (exact) mass is 376 g/mol. The average Bonchev–Trinajstić information content (AvgIpc) is 2.51. The number of rotatable bonds is 5. The molecule has 0 unspecified atom stereocenters. The molecule has 120 valence electrons. The molecular weight excluding hydrogens is 360 g/mol. The van der Waals surface area contributed by atoms with Crippen LogP contribution < -0.4 is 15.4 Å². The van der Waals surface area contributed by atoms with Crippen LogP contribution in [0.4, 0.5) is 11.4 Å². The van der Waals surface area contributed by atoms with Crippen LogP contribution in [0.15, 0.2) is 53.0 Å². The van der Waals surface area contributed by atoms with E-state index in [2.05, 4.69) is 26.6 Å². The van der Waals surface area contributed by atoms with Crippen molar-refractivity contribution in [2.75, 3.05) is 10.6 Å². The lowest BCUT2D eigenvalue weighted by molar-refractivity contribution is -0.122. The van der Waals surface area contributed by atoms with E-state index in [0.29, 0.717) is 17.1 Å². The van der Waals surface area contributed by atoms with Crippen molar-refractivity contribution in [3.05, 3.63) is 53.0 Å². The predicted molar refractivity (Wildman–Crippen MR) is 93.6 cm³/mol. The normalized spacial score (nSPS) is 11.4. The Hall–Kier alpha value is -2.34. The summed E-state index contributed by atoms with van der Waals surface area (Å²) in [6.45, 7) is 3.08. The zero-order chi connectivity index (χ0) is 16.8. The summed E-state index contributed by atoms with van der Waals surface area (Å²) in [5, 5.41) is 5.43. The number of benzene rings is 2. The Morgan fingerprint density at radius 1 is 1.00 bits per heavy atom. The first-order valence-corrected chi connectivity index (χ1v) is 7.84. The highest BCUT2D eigenvalue weighted by atomic mass is 79.9. The van der Waals surface area contributed by atoms with E-state index >= 15 is 0 Å². The van der Waals surface area contributed by atoms with Crippen molar-refractivity contribution in [1.82, 2.24) is 0 Å². The van der Waals surface area contributed by atoms with Crippen molar-refractivity contribution in [2.45, 2.75) is 20.0 Å². The SMILES string of the molecule is CC(=O)Nc1ccccc1NC(=O)[C@@H](C)Oc1ccc(Br)cc1. The van der Waals surface area contributed by atoms with Crippen molar-refractivity contribution < 1.29 is 14.3 Å². The fourth-order valence-corrected chi connectivity index (χ4v) is 2.16. The minimum absolute atomic E-state index is 0.203. The first kappa shape index (κ1) is 17.0. The molecule has 0 aliphatic rings. The number of hydrogen-bond donors (Lipinski definition) is 2. The van der Waals surface area contributed by atoms with E-state index in [1.165, 1.54) is 6.92 Å². The molecule has 2 aromatic rings. The van der Waals surface area contributed by atoms with E-state index in [1.807, 2.05) is 12.1 Å². The van der Waals surface area contributed by atoms with E-state index in [0.717, 1.165) is 4.47 Å². The third-order valence-electron chi connectivity index (χ3n) is 2.99. The number of carbonyl (C=O) groups is 2. The number of halogens is 1. The van der Waals surface area contributed by atoms with Crippen molar-refractivity contribution in [2.24, 2.45) is 0 Å². The Bertz CT molecular complexity index is 701. The number of para-hydroxylation sites is 2. The molecule has 2 amide bonds. The molecule has 0 bridgehead atoms. The smallest absolute Gasteiger partial charge is 0.265 e. The van der Waals surface area contributed by atoms with E-state index < -0.39 is 6.10 Å². The molecule has 0 heterocycles. The van der Waals surface area contributed by atoms with Gasteiger partial charge in [-0.05, 0) is 43.3 Å². The number of ether oxygens (including phenoxy) is 1. The van der Waals surface area contributed by atoms with Crippen LogP contribution in [0.3, 0.4) is 0 Å². The third-order valence-corrected chi connectivity index (χ3v) is 3.52. The Labute approximate surface area is 143 Å². The molecular formula is C17H17BrN2O3. The molecule has 0 aliphatic heterocycles. The fraction of sp³-hybridized carbons (Fsp3) is 0.176. The lowest BCUT2D eigenvalue weighted by atomic mass is 10.2. The van der Waals surface area contributed by atoms with Crippen LogP contribution in [0.2, 0.25) is 0 Å². The number of hydrogen-bond acceptors (Lipinski definition) is 3. The lowest BCUT2D eigenvalue weighted by Gasteiger charge is -2.16. The van der Waals surface area contributed by atoms with Gasteiger partial charge in [0.15, 0.2) is 6.10 Å². The number of carbonyl (C=O) groups excluding carboxylic acids is 2. The van der Waals surface area contributed by atoms with Crippen LogP contribution in [0, 0.1) is 0 Å². The molecule has 0 aliphatic carbocycles. The molecule has 0 saturated carbocycles. The highest BCUT2D eigenvalue weighted by Gasteiger charge is 2.16. The van der Waals surface area contributed by atoms with Crippen LogP contribution in [-0.2, 0) is 9.59 Å². The standard InChI is InChI=1S/C17H17BrN2O3/c1-11(23-14-9-7-13(18)8-10-14)17(22)20-16-6-4-3-5-15(16)19-12(2)21/h3-11H,1-2H3,(H,19,21)(H,20,22)/t11-/m1/s1. The summed E-state index contributed by atoms with van der Waals surface area (Å²) in [4.78, 5) is 23.5. The number of anilines is 2. The van der Waals surface area contributed by atoms with Gasteiger partial charge in [0, 0.05) is 11.4 Å². The second kappa shape index (κ2) is 7.78. The van der Waals surface area contributed by atoms with Crippen LogP contribution >= 0.6 is 15.9 Å². The van der Waals surface area contributed by atoms with Gasteiger partial charge in [0.1, 0.15) is 5.75 Å². The lowest BCUT2D eigenvalue weighted by Crippen LogP contribution is -2.30. The third kappa shape index (κ3) is 5.10. The van der Waals surface area contributed by atoms with Gasteiger partial charge in [-0.15, -0.1) is 0 Å². The minimum Gasteiger partial charge on any atom is -0.481 e. The van der Waals surface area contributed by atoms with E-state index in [4.69, 9.17) is 4.74 Å². The minimum atomic E-state index is -0.679. The Balaban J connectivity index is 2.03. The molecule has 0 spiro atoms. The average molecular weight is 377 g/mol. The topological polar surface area (TPSA) is 67.4 Å². The molecule has 5 nitrogen and oxygen atoms in total. The highest BCUT2D eigenvalue weighted by Crippen LogP contribution is 2.22. The molecule has 6 heteroatoms. The first-order chi connectivity index (χ1) is 11.0. The van der Waals surface area contributed by atoms with Gasteiger partial charge in [-0.3, -0.25) is 9.59 Å². The van der Waals surface area contributed by atoms with Crippen LogP contribution in [-0.4, -0.2) is 17.9 Å². The van der Waals surface area contributed by atoms with Crippen molar-refractivity contribution >= 4 is 39.1 Å². The van der Waals surface area contributed by atoms with Gasteiger partial charge in [-0.2, -0.15) is 0 Å². The van der Waals surface area contributed by atoms with Crippen molar-refractivity contribution in [1.29, 1.82) is 0 Å². The number of amides is 2. The molecule has 2 N–H and O–H groups in total. The summed E-state index contributed by atoms with van der Waals surface area (Å²) in [6, 6.07) is 14.2. The largest absolute Gasteiger partial charge is 0.481 e. The van der Waals surface area contributed by atoms with Crippen LogP contribution in [0.5, 0.6) is 5.75 Å². The number of nitrogens with one attached hydrogen (secondary N) is 2. The molecule has 1 atom stereocenters. The van der Waals surface area contributed by atoms with Gasteiger partial charge in [0.25, 0.3) is 5.91 Å². The van der Waals surface area contributed by atoms with Crippen molar-refractivity contribution in [3.8, 4) is 5.75 Å². The summed E-state index contributed by atoms with van der Waals surface area (Å²) in [6.07, 6.45) is -0.679. The Morgan fingerprint density at radius 2 is 1.57 bits per heavy atom. The van der Waals surface area contributed by atoms with E-state index in [9.17, 15) is 9.59 Å². The van der Waals surface area contributed by atoms with E-state index in [1.54, 1.807) is 43.3 Å². The van der Waals surface area contributed by atoms with Crippen molar-refractivity contribution in [3.63, 3.8) is 0 Å². The van der Waals surface area contributed by atoms with E-state index in [-0.39, 0.29) is 11.8 Å². The predicted octanol–water partition coefficient (Wildman–Crippen LogP) is 3.81. The summed E-state index contributed by atoms with van der Waals surface area (Å²) in [5.74, 6) is 0.0996. The molecule has 2 aromatic carbocycles. The molecule has 2 rings (SSSR count). The highest BCUT2D eigenvalue weighted by molar-refractivity contribution is 9.10. The van der Waals surface area contributed by atoms with Gasteiger partial charge in [0.05, 0.1) is 11.4 Å². The van der Waals surface area contributed by atoms with Gasteiger partial charge >= 0.3 is 0 Å². The fourth-order valence-electron chi connectivity index (χ4n) is 1.90. The second-order valence-corrected chi connectivity index (χ2v) is 5.85. The zero-order valence-electron chi connectivity index (χ0n) is 12.8. The summed E-state index contributed by atoms with van der Waals surface area (Å²) in [5.41, 5.74) is 1.07. The van der Waals surface area contributed by atoms with Crippen LogP contribution in [0.1, 0.15) is 13.8 Å². The Morgan fingerprint density at radius 3 is 2.13 bits per heavy atom. The molecule has 0 aromatic heterocycles. The summed E-state index contributed by atoms with van der Waals surface area (Å²) >= 11 is 3.34. The maximum absolute atomic E-state index is 12.3.